The van der Waals surface area contributed by atoms with Crippen molar-refractivity contribution in [2.24, 2.45) is 5.92 Å². The van der Waals surface area contributed by atoms with Gasteiger partial charge in [0.05, 0.1) is 17.9 Å². The molecule has 4 rings (SSSR count). The van der Waals surface area contributed by atoms with Gasteiger partial charge in [0.25, 0.3) is 5.91 Å². The molecule has 188 valence electrons. The van der Waals surface area contributed by atoms with Crippen LogP contribution in [0, 0.1) is 5.92 Å². The van der Waals surface area contributed by atoms with E-state index in [1.54, 1.807) is 30.5 Å². The lowest BCUT2D eigenvalue weighted by Gasteiger charge is -2.26. The first kappa shape index (κ1) is 25.0. The van der Waals surface area contributed by atoms with Crippen molar-refractivity contribution in [1.29, 1.82) is 0 Å². The first-order chi connectivity index (χ1) is 17.2. The topological polar surface area (TPSA) is 109 Å². The summed E-state index contributed by atoms with van der Waals surface area (Å²) in [5, 5.41) is 14.5. The predicted octanol–water partition coefficient (Wildman–Crippen LogP) is 4.96. The maximum atomic E-state index is 12.8. The second-order valence-electron chi connectivity index (χ2n) is 8.50. The van der Waals surface area contributed by atoms with Gasteiger partial charge in [0, 0.05) is 24.0 Å². The maximum absolute atomic E-state index is 12.8. The quantitative estimate of drug-likeness (QED) is 0.378. The van der Waals surface area contributed by atoms with Crippen molar-refractivity contribution in [1.82, 2.24) is 19.9 Å². The first-order valence-electron chi connectivity index (χ1n) is 11.3. The van der Waals surface area contributed by atoms with Crippen LogP contribution in [-0.4, -0.2) is 31.5 Å². The molecule has 2 aromatic heterocycles. The molecule has 0 spiro atoms. The molecule has 8 nitrogen and oxygen atoms in total. The zero-order chi connectivity index (χ0) is 25.7. The van der Waals surface area contributed by atoms with Gasteiger partial charge in [-0.25, -0.2) is 14.8 Å². The number of aromatic nitrogens is 3. The van der Waals surface area contributed by atoms with Crippen LogP contribution < -0.4 is 10.6 Å². The highest BCUT2D eigenvalue weighted by Gasteiger charge is 2.33. The average Bonchev–Trinajstić information content (AvgIpc) is 3.55. The van der Waals surface area contributed by atoms with E-state index in [2.05, 4.69) is 20.6 Å². The Morgan fingerprint density at radius 3 is 2.39 bits per heavy atom. The number of benzene rings is 1. The maximum Gasteiger partial charge on any atom is 0.434 e. The second kappa shape index (κ2) is 10.6. The van der Waals surface area contributed by atoms with Gasteiger partial charge in [-0.1, -0.05) is 25.0 Å². The third-order valence-corrected chi connectivity index (χ3v) is 6.05. The molecule has 1 saturated carbocycles. The molecule has 1 aliphatic carbocycles. The highest BCUT2D eigenvalue weighted by atomic mass is 19.4. The molecule has 1 aromatic carbocycles. The Morgan fingerprint density at radius 2 is 1.81 bits per heavy atom. The van der Waals surface area contributed by atoms with Crippen molar-refractivity contribution in [3.8, 4) is 5.82 Å². The van der Waals surface area contributed by atoms with Crippen LogP contribution in [0.1, 0.15) is 53.3 Å². The van der Waals surface area contributed by atoms with E-state index >= 15 is 0 Å². The summed E-state index contributed by atoms with van der Waals surface area (Å²) in [5.41, 5.74) is 1.10. The molecule has 0 saturated heterocycles. The number of aliphatic carboxylic acids is 1. The number of carboxylic acids is 1. The molecule has 0 aliphatic heterocycles. The van der Waals surface area contributed by atoms with Crippen LogP contribution in [0.2, 0.25) is 0 Å². The summed E-state index contributed by atoms with van der Waals surface area (Å²) in [6, 6.07) is 10.4. The number of amides is 1. The number of alkyl halides is 3. The number of anilines is 1. The molecule has 1 amide bonds. The fraction of sp³-hybridized carbons (Fsp3) is 0.280. The number of pyridine rings is 1. The van der Waals surface area contributed by atoms with Crippen LogP contribution in [-0.2, 0) is 11.0 Å². The fourth-order valence-corrected chi connectivity index (χ4v) is 4.28. The minimum Gasteiger partial charge on any atom is -0.478 e. The summed E-state index contributed by atoms with van der Waals surface area (Å²) in [6.45, 7) is 0. The third kappa shape index (κ3) is 6.09. The fourth-order valence-electron chi connectivity index (χ4n) is 4.28. The number of hydrogen-bond acceptors (Lipinski definition) is 5. The van der Waals surface area contributed by atoms with E-state index in [-0.39, 0.29) is 6.04 Å². The molecule has 1 aliphatic rings. The van der Waals surface area contributed by atoms with Gasteiger partial charge in [-0.15, -0.1) is 0 Å². The summed E-state index contributed by atoms with van der Waals surface area (Å²) < 4.78 is 39.7. The smallest absolute Gasteiger partial charge is 0.434 e. The second-order valence-corrected chi connectivity index (χ2v) is 8.50. The van der Waals surface area contributed by atoms with Crippen LogP contribution in [0.25, 0.3) is 5.82 Å². The van der Waals surface area contributed by atoms with Crippen LogP contribution in [0.4, 0.5) is 18.9 Å². The molecular weight excluding hydrogens is 475 g/mol. The van der Waals surface area contributed by atoms with Gasteiger partial charge in [-0.05, 0) is 48.6 Å². The molecule has 3 aromatic rings. The van der Waals surface area contributed by atoms with Gasteiger partial charge in [-0.2, -0.15) is 13.2 Å². The van der Waals surface area contributed by atoms with Crippen LogP contribution in [0.3, 0.4) is 0 Å². The molecule has 1 unspecified atom stereocenters. The van der Waals surface area contributed by atoms with Gasteiger partial charge in [0.1, 0.15) is 12.1 Å². The summed E-state index contributed by atoms with van der Waals surface area (Å²) in [6.07, 6.45) is 5.27. The van der Waals surface area contributed by atoms with Crippen molar-refractivity contribution >= 4 is 17.6 Å². The summed E-state index contributed by atoms with van der Waals surface area (Å²) >= 11 is 0. The first-order valence-corrected chi connectivity index (χ1v) is 11.3. The van der Waals surface area contributed by atoms with Gasteiger partial charge in [-0.3, -0.25) is 9.36 Å². The van der Waals surface area contributed by atoms with E-state index < -0.39 is 23.7 Å². The minimum atomic E-state index is -4.52. The lowest BCUT2D eigenvalue weighted by atomic mass is 9.91. The molecular formula is C25H24F3N5O3. The number of halogens is 3. The lowest BCUT2D eigenvalue weighted by molar-refractivity contribution is -0.141. The molecule has 3 N–H and O–H groups in total. The Balaban J connectivity index is 1.49. The number of rotatable bonds is 8. The number of nitrogens with one attached hydrogen (secondary N) is 2. The highest BCUT2D eigenvalue weighted by Crippen LogP contribution is 2.38. The molecule has 1 atom stereocenters. The molecule has 0 bridgehead atoms. The number of imidazole rings is 1. The van der Waals surface area contributed by atoms with Crippen molar-refractivity contribution in [3.63, 3.8) is 0 Å². The number of carbonyl (C=O) groups is 2. The Labute approximate surface area is 204 Å². The van der Waals surface area contributed by atoms with Crippen molar-refractivity contribution in [3.05, 3.63) is 84.2 Å². The van der Waals surface area contributed by atoms with Crippen molar-refractivity contribution in [2.45, 2.75) is 37.9 Å². The van der Waals surface area contributed by atoms with Gasteiger partial charge in [0.15, 0.2) is 5.69 Å². The summed E-state index contributed by atoms with van der Waals surface area (Å²) in [4.78, 5) is 30.4. The van der Waals surface area contributed by atoms with E-state index in [4.69, 9.17) is 5.11 Å². The number of carboxylic acid groups (broad SMARTS) is 1. The summed E-state index contributed by atoms with van der Waals surface area (Å²) in [7, 11) is 0. The molecule has 36 heavy (non-hydrogen) atoms. The third-order valence-electron chi connectivity index (χ3n) is 6.05. The Kier molecular flexibility index (Phi) is 7.37. The van der Waals surface area contributed by atoms with E-state index in [9.17, 15) is 22.8 Å². The van der Waals surface area contributed by atoms with Crippen molar-refractivity contribution in [2.75, 3.05) is 5.32 Å². The van der Waals surface area contributed by atoms with Crippen LogP contribution in [0.5, 0.6) is 0 Å². The SMILES string of the molecule is O=C(O)C=CNC(=O)c1ccc(C(Nc2ccc(-n3cnc(C(F)(F)F)c3)nc2)C2CCCC2)cc1. The molecule has 11 heteroatoms. The van der Waals surface area contributed by atoms with E-state index in [1.165, 1.54) is 4.57 Å². The van der Waals surface area contributed by atoms with E-state index in [1.807, 2.05) is 12.1 Å². The van der Waals surface area contributed by atoms with Gasteiger partial charge in [0.2, 0.25) is 0 Å². The standard InChI is InChI=1S/C25H24F3N5O3/c26-25(27,28)20-14-33(15-31-20)21-10-9-19(13-30-21)32-23(16-3-1-2-4-16)17-5-7-18(8-6-17)24(36)29-12-11-22(34)35/h5-16,23,32H,1-4H2,(H,29,36)(H,34,35). The van der Waals surface area contributed by atoms with E-state index in [0.29, 0.717) is 23.0 Å². The molecule has 2 heterocycles. The summed E-state index contributed by atoms with van der Waals surface area (Å²) in [5.74, 6) is -0.897. The number of nitrogens with zero attached hydrogens (tertiary/aromatic N) is 3. The van der Waals surface area contributed by atoms with Crippen LogP contribution in [0.15, 0.2) is 67.4 Å². The normalized spacial score (nSPS) is 15.2. The number of carbonyl (C=O) groups excluding carboxylic acids is 1. The zero-order valence-electron chi connectivity index (χ0n) is 19.1. The van der Waals surface area contributed by atoms with E-state index in [0.717, 1.165) is 56.0 Å². The Bertz CT molecular complexity index is 1230. The van der Waals surface area contributed by atoms with Crippen LogP contribution >= 0.6 is 0 Å². The average molecular weight is 499 g/mol. The van der Waals surface area contributed by atoms with Gasteiger partial charge >= 0.3 is 12.1 Å². The van der Waals surface area contributed by atoms with Gasteiger partial charge < -0.3 is 15.7 Å². The lowest BCUT2D eigenvalue weighted by Crippen LogP contribution is -2.20. The highest BCUT2D eigenvalue weighted by molar-refractivity contribution is 5.95. The molecule has 1 fully saturated rings. The predicted molar refractivity (Wildman–Crippen MR) is 125 cm³/mol. The zero-order valence-corrected chi connectivity index (χ0v) is 19.1. The number of hydrogen-bond donors (Lipinski definition) is 3. The Morgan fingerprint density at radius 1 is 1.08 bits per heavy atom. The molecule has 0 radical (unpaired) electrons. The largest absolute Gasteiger partial charge is 0.478 e. The monoisotopic (exact) mass is 499 g/mol. The minimum absolute atomic E-state index is 0.0470. The Hall–Kier alpha value is -4.15. The van der Waals surface area contributed by atoms with Crippen molar-refractivity contribution < 1.29 is 27.9 Å².